The molecule has 0 bridgehead atoms. The summed E-state index contributed by atoms with van der Waals surface area (Å²) in [6.45, 7) is 3.49. The van der Waals surface area contributed by atoms with Gasteiger partial charge in [0.05, 0.1) is 6.61 Å². The van der Waals surface area contributed by atoms with Gasteiger partial charge < -0.3 is 29.5 Å². The van der Waals surface area contributed by atoms with E-state index in [9.17, 15) is 0 Å². The summed E-state index contributed by atoms with van der Waals surface area (Å²) in [5.74, 6) is 2.54. The van der Waals surface area contributed by atoms with Crippen LogP contribution in [0, 0.1) is 5.92 Å². The number of hydrogen-bond donors (Lipinski definition) is 3. The first-order valence-electron chi connectivity index (χ1n) is 10.9. The quantitative estimate of drug-likeness (QED) is 0.577. The minimum absolute atomic E-state index is 0.0335. The van der Waals surface area contributed by atoms with Gasteiger partial charge in [0.1, 0.15) is 18.2 Å². The van der Waals surface area contributed by atoms with E-state index in [4.69, 9.17) is 29.6 Å². The molecule has 32 heavy (non-hydrogen) atoms. The van der Waals surface area contributed by atoms with Crippen molar-refractivity contribution in [3.63, 3.8) is 0 Å². The molecule has 2 saturated heterocycles. The Bertz CT molecular complexity index is 787. The fraction of sp³-hybridized carbons (Fsp3) is 0.522. The van der Waals surface area contributed by atoms with Crippen LogP contribution in [0.5, 0.6) is 5.75 Å². The number of aliphatic hydroxyl groups excluding tert-OH is 1. The molecule has 0 radical (unpaired) electrons. The van der Waals surface area contributed by atoms with Gasteiger partial charge in [0, 0.05) is 30.5 Å². The van der Waals surface area contributed by atoms with E-state index < -0.39 is 0 Å². The van der Waals surface area contributed by atoms with E-state index in [1.54, 1.807) is 0 Å². The van der Waals surface area contributed by atoms with Crippen molar-refractivity contribution in [1.82, 2.24) is 14.5 Å². The van der Waals surface area contributed by atoms with Crippen molar-refractivity contribution in [3.8, 4) is 17.1 Å². The van der Waals surface area contributed by atoms with Crippen LogP contribution in [-0.4, -0.2) is 75.1 Å². The summed E-state index contributed by atoms with van der Waals surface area (Å²) in [5.41, 5.74) is 1.11. The van der Waals surface area contributed by atoms with Gasteiger partial charge in [-0.25, -0.2) is 4.98 Å². The molecule has 2 aromatic rings. The molecule has 3 heterocycles. The Morgan fingerprint density at radius 2 is 1.72 bits per heavy atom. The number of aromatic nitrogens is 2. The number of nitrogens with zero attached hydrogens (tertiary/aromatic N) is 3. The number of carbonyl (C=O) groups is 2. The maximum Gasteiger partial charge on any atom is 0.290 e. The molecule has 0 saturated carbocycles. The van der Waals surface area contributed by atoms with E-state index in [2.05, 4.69) is 32.8 Å². The second kappa shape index (κ2) is 14.2. The average Bonchev–Trinajstić information content (AvgIpc) is 3.27. The molecule has 1 aromatic carbocycles. The molecule has 0 spiro atoms. The highest BCUT2D eigenvalue weighted by Gasteiger charge is 2.33. The maximum atomic E-state index is 8.87. The van der Waals surface area contributed by atoms with E-state index in [1.807, 2.05) is 18.3 Å². The molecule has 1 aromatic heterocycles. The number of hydrogen-bond acceptors (Lipinski definition) is 6. The van der Waals surface area contributed by atoms with Crippen LogP contribution >= 0.6 is 0 Å². The van der Waals surface area contributed by atoms with Crippen LogP contribution in [0.25, 0.3) is 11.4 Å². The molecule has 2 fully saturated rings. The van der Waals surface area contributed by atoms with Gasteiger partial charge in [-0.1, -0.05) is 6.42 Å². The molecule has 2 atom stereocenters. The van der Waals surface area contributed by atoms with E-state index in [1.165, 1.54) is 45.2 Å². The summed E-state index contributed by atoms with van der Waals surface area (Å²) in [6, 6.07) is 8.77. The zero-order chi connectivity index (χ0) is 23.2. The highest BCUT2D eigenvalue weighted by Crippen LogP contribution is 2.33. The third-order valence-corrected chi connectivity index (χ3v) is 5.85. The minimum atomic E-state index is -0.250. The highest BCUT2D eigenvalue weighted by molar-refractivity contribution is 5.56. The van der Waals surface area contributed by atoms with Gasteiger partial charge in [0.25, 0.3) is 12.9 Å². The van der Waals surface area contributed by atoms with E-state index in [-0.39, 0.29) is 19.6 Å². The summed E-state index contributed by atoms with van der Waals surface area (Å²) in [7, 11) is 0. The molecule has 3 N–H and O–H groups in total. The van der Waals surface area contributed by atoms with Gasteiger partial charge in [0.2, 0.25) is 0 Å². The summed E-state index contributed by atoms with van der Waals surface area (Å²) in [5, 5.41) is 22.6. The van der Waals surface area contributed by atoms with Crippen LogP contribution in [0.4, 0.5) is 0 Å². The second-order valence-corrected chi connectivity index (χ2v) is 7.71. The van der Waals surface area contributed by atoms with Gasteiger partial charge in [-0.3, -0.25) is 9.59 Å². The number of fused-ring (bicyclic) bond motifs is 1. The Hall–Kier alpha value is -2.91. The summed E-state index contributed by atoms with van der Waals surface area (Å²) >= 11 is 0. The molecule has 176 valence electrons. The number of aliphatic hydroxyl groups is 1. The fourth-order valence-electron chi connectivity index (χ4n) is 4.62. The van der Waals surface area contributed by atoms with Crippen molar-refractivity contribution >= 4 is 12.9 Å². The van der Waals surface area contributed by atoms with Crippen molar-refractivity contribution in [2.24, 2.45) is 5.92 Å². The number of rotatable bonds is 6. The number of carboxylic acid groups (broad SMARTS) is 2. The van der Waals surface area contributed by atoms with Crippen molar-refractivity contribution < 1.29 is 29.6 Å². The normalized spacial score (nSPS) is 19.9. The molecule has 0 unspecified atom stereocenters. The number of benzene rings is 1. The SMILES string of the molecule is O=CO.O=CO.OCCOc1ccc(-c2nccn2C[C@@H]2CCCN3CCCC[C@H]23)cc1. The van der Waals surface area contributed by atoms with Crippen LogP contribution in [0.2, 0.25) is 0 Å². The first-order chi connectivity index (χ1) is 15.7. The van der Waals surface area contributed by atoms with Crippen LogP contribution in [0.3, 0.4) is 0 Å². The molecule has 2 aliphatic heterocycles. The van der Waals surface area contributed by atoms with Crippen molar-refractivity contribution in [2.75, 3.05) is 26.3 Å². The summed E-state index contributed by atoms with van der Waals surface area (Å²) in [4.78, 5) is 24.1. The predicted octanol–water partition coefficient (Wildman–Crippen LogP) is 2.59. The minimum Gasteiger partial charge on any atom is -0.491 e. The smallest absolute Gasteiger partial charge is 0.290 e. The molecular weight excluding hydrogens is 414 g/mol. The van der Waals surface area contributed by atoms with Crippen molar-refractivity contribution in [3.05, 3.63) is 36.7 Å². The Labute approximate surface area is 188 Å². The monoisotopic (exact) mass is 447 g/mol. The zero-order valence-electron chi connectivity index (χ0n) is 18.3. The molecule has 4 rings (SSSR count). The Morgan fingerprint density at radius 3 is 2.41 bits per heavy atom. The fourth-order valence-corrected chi connectivity index (χ4v) is 4.62. The topological polar surface area (TPSA) is 125 Å². The van der Waals surface area contributed by atoms with Crippen LogP contribution < -0.4 is 4.74 Å². The molecule has 0 aliphatic carbocycles. The van der Waals surface area contributed by atoms with Gasteiger partial charge >= 0.3 is 0 Å². The summed E-state index contributed by atoms with van der Waals surface area (Å²) < 4.78 is 7.78. The molecule has 0 amide bonds. The average molecular weight is 448 g/mol. The van der Waals surface area contributed by atoms with Crippen molar-refractivity contribution in [2.45, 2.75) is 44.7 Å². The lowest BCUT2D eigenvalue weighted by Crippen LogP contribution is -2.49. The highest BCUT2D eigenvalue weighted by atomic mass is 16.5. The second-order valence-electron chi connectivity index (χ2n) is 7.71. The van der Waals surface area contributed by atoms with Crippen LogP contribution in [0.15, 0.2) is 36.7 Å². The summed E-state index contributed by atoms with van der Waals surface area (Å²) in [6.07, 6.45) is 10.8. The lowest BCUT2D eigenvalue weighted by atomic mass is 9.83. The Balaban J connectivity index is 0.000000547. The molecule has 9 nitrogen and oxygen atoms in total. The lowest BCUT2D eigenvalue weighted by molar-refractivity contribution is -0.123. The van der Waals surface area contributed by atoms with Crippen molar-refractivity contribution in [1.29, 1.82) is 0 Å². The maximum absolute atomic E-state index is 8.87. The molecule has 2 aliphatic rings. The zero-order valence-corrected chi connectivity index (χ0v) is 18.3. The van der Waals surface area contributed by atoms with E-state index >= 15 is 0 Å². The van der Waals surface area contributed by atoms with Gasteiger partial charge in [-0.05, 0) is 69.0 Å². The third-order valence-electron chi connectivity index (χ3n) is 5.85. The van der Waals surface area contributed by atoms with Gasteiger partial charge in [0.15, 0.2) is 0 Å². The third kappa shape index (κ3) is 7.35. The van der Waals surface area contributed by atoms with E-state index in [0.717, 1.165) is 35.6 Å². The predicted molar refractivity (Wildman–Crippen MR) is 120 cm³/mol. The van der Waals surface area contributed by atoms with E-state index in [0.29, 0.717) is 6.61 Å². The number of ether oxygens (including phenoxy) is 1. The van der Waals surface area contributed by atoms with Crippen LogP contribution in [0.1, 0.15) is 32.1 Å². The first kappa shape index (κ1) is 25.4. The van der Waals surface area contributed by atoms with Gasteiger partial charge in [-0.15, -0.1) is 0 Å². The number of piperidine rings is 2. The van der Waals surface area contributed by atoms with Gasteiger partial charge in [-0.2, -0.15) is 0 Å². The lowest BCUT2D eigenvalue weighted by Gasteiger charge is -2.44. The Kier molecular flexibility index (Phi) is 11.3. The first-order valence-corrected chi connectivity index (χ1v) is 10.9. The van der Waals surface area contributed by atoms with Crippen LogP contribution in [-0.2, 0) is 16.1 Å². The molecule has 9 heteroatoms. The Morgan fingerprint density at radius 1 is 1.03 bits per heavy atom. The number of imidazole rings is 1. The standard InChI is InChI=1S/C21H29N3O2.2CH2O2/c25-14-15-26-19-8-6-17(7-9-19)21-22-10-13-24(21)16-18-4-3-12-23-11-2-1-5-20(18)23;2*2-1-3/h6-10,13,18,20,25H,1-5,11-12,14-16H2;2*1H,(H,2,3)/t18-,20+;;/m0../s1. The molecular formula is C23H33N3O6. The largest absolute Gasteiger partial charge is 0.491 e.